The Hall–Kier alpha value is -2.85. The molecule has 0 aliphatic rings. The zero-order valence-electron chi connectivity index (χ0n) is 13.7. The monoisotopic (exact) mass is 350 g/mol. The first-order valence-electron chi connectivity index (χ1n) is 8.02. The molecule has 4 nitrogen and oxygen atoms in total. The first-order valence-corrected chi connectivity index (χ1v) is 8.40. The number of aromatic nitrogens is 2. The maximum Gasteiger partial charge on any atom is 0.225 e. The molecule has 0 aliphatic heterocycles. The van der Waals surface area contributed by atoms with E-state index < -0.39 is 0 Å². The van der Waals surface area contributed by atoms with E-state index in [0.717, 1.165) is 27.7 Å². The first kappa shape index (κ1) is 17.0. The van der Waals surface area contributed by atoms with Crippen molar-refractivity contribution in [3.8, 4) is 11.3 Å². The maximum absolute atomic E-state index is 5.93. The number of nitrogens with one attached hydrogen (secondary N) is 2. The number of halogens is 1. The molecular weight excluding hydrogens is 332 g/mol. The van der Waals surface area contributed by atoms with Crippen molar-refractivity contribution in [2.45, 2.75) is 6.54 Å². The van der Waals surface area contributed by atoms with E-state index in [2.05, 4.69) is 27.2 Å². The van der Waals surface area contributed by atoms with Crippen LogP contribution in [0, 0.1) is 0 Å². The van der Waals surface area contributed by atoms with Crippen LogP contribution in [-0.4, -0.2) is 16.5 Å². The van der Waals surface area contributed by atoms with Crippen molar-refractivity contribution >= 4 is 23.4 Å². The van der Waals surface area contributed by atoms with Crippen molar-refractivity contribution in [3.63, 3.8) is 0 Å². The highest BCUT2D eigenvalue weighted by molar-refractivity contribution is 6.30. The minimum atomic E-state index is 0.569. The smallest absolute Gasteiger partial charge is 0.225 e. The lowest BCUT2D eigenvalue weighted by molar-refractivity contribution is 1.07. The summed E-state index contributed by atoms with van der Waals surface area (Å²) in [5, 5.41) is 7.23. The van der Waals surface area contributed by atoms with Crippen molar-refractivity contribution in [2.24, 2.45) is 0 Å². The minimum Gasteiger partial charge on any atom is -0.366 e. The van der Waals surface area contributed by atoms with E-state index in [1.807, 2.05) is 60.7 Å². The molecule has 2 aromatic carbocycles. The molecule has 0 bridgehead atoms. The molecule has 0 fully saturated rings. The average Bonchev–Trinajstić information content (AvgIpc) is 2.66. The molecule has 0 spiro atoms. The van der Waals surface area contributed by atoms with Gasteiger partial charge in [-0.2, -0.15) is 4.98 Å². The standard InChI is InChI=1S/C20H19ClN4/c1-2-12-22-20-24-18(16-6-4-3-5-7-16)13-19(25-20)23-14-15-8-10-17(21)11-9-15/h2-11,13H,1,12,14H2,(H2,22,23,24,25). The third kappa shape index (κ3) is 4.81. The van der Waals surface area contributed by atoms with Crippen LogP contribution < -0.4 is 10.6 Å². The number of hydrogen-bond acceptors (Lipinski definition) is 4. The Morgan fingerprint density at radius 3 is 2.44 bits per heavy atom. The zero-order valence-corrected chi connectivity index (χ0v) is 14.5. The maximum atomic E-state index is 5.93. The van der Waals surface area contributed by atoms with Crippen LogP contribution >= 0.6 is 11.6 Å². The number of hydrogen-bond donors (Lipinski definition) is 2. The van der Waals surface area contributed by atoms with Gasteiger partial charge in [-0.25, -0.2) is 4.98 Å². The predicted octanol–water partition coefficient (Wildman–Crippen LogP) is 5.01. The van der Waals surface area contributed by atoms with Crippen molar-refractivity contribution in [2.75, 3.05) is 17.2 Å². The third-order valence-electron chi connectivity index (χ3n) is 3.59. The minimum absolute atomic E-state index is 0.569. The van der Waals surface area contributed by atoms with E-state index in [1.165, 1.54) is 0 Å². The van der Waals surface area contributed by atoms with Gasteiger partial charge in [-0.1, -0.05) is 60.1 Å². The molecule has 0 radical (unpaired) electrons. The Morgan fingerprint density at radius 2 is 1.72 bits per heavy atom. The van der Waals surface area contributed by atoms with Gasteiger partial charge in [0.25, 0.3) is 0 Å². The molecule has 5 heteroatoms. The molecule has 1 heterocycles. The van der Waals surface area contributed by atoms with Crippen LogP contribution in [-0.2, 0) is 6.54 Å². The van der Waals surface area contributed by atoms with Gasteiger partial charge in [0.2, 0.25) is 5.95 Å². The number of rotatable bonds is 7. The van der Waals surface area contributed by atoms with Gasteiger partial charge in [0.15, 0.2) is 0 Å². The topological polar surface area (TPSA) is 49.8 Å². The highest BCUT2D eigenvalue weighted by Gasteiger charge is 2.06. The summed E-state index contributed by atoms with van der Waals surface area (Å²) in [6, 6.07) is 19.7. The van der Waals surface area contributed by atoms with Crippen LogP contribution in [0.4, 0.5) is 11.8 Å². The van der Waals surface area contributed by atoms with E-state index in [9.17, 15) is 0 Å². The highest BCUT2D eigenvalue weighted by atomic mass is 35.5. The molecule has 0 unspecified atom stereocenters. The quantitative estimate of drug-likeness (QED) is 0.588. The second-order valence-electron chi connectivity index (χ2n) is 5.48. The van der Waals surface area contributed by atoms with Gasteiger partial charge >= 0.3 is 0 Å². The highest BCUT2D eigenvalue weighted by Crippen LogP contribution is 2.21. The molecule has 0 atom stereocenters. The SMILES string of the molecule is C=CCNc1nc(NCc2ccc(Cl)cc2)cc(-c2ccccc2)n1. The van der Waals surface area contributed by atoms with Crippen LogP contribution in [0.2, 0.25) is 5.02 Å². The summed E-state index contributed by atoms with van der Waals surface area (Å²) in [5.41, 5.74) is 3.03. The number of nitrogens with zero attached hydrogens (tertiary/aromatic N) is 2. The van der Waals surface area contributed by atoms with E-state index in [-0.39, 0.29) is 0 Å². The molecule has 25 heavy (non-hydrogen) atoms. The molecule has 0 aliphatic carbocycles. The van der Waals surface area contributed by atoms with Crippen molar-refractivity contribution in [3.05, 3.63) is 83.9 Å². The van der Waals surface area contributed by atoms with Gasteiger partial charge in [0.05, 0.1) is 5.69 Å². The Morgan fingerprint density at radius 1 is 0.960 bits per heavy atom. The Labute approximate surface area is 152 Å². The van der Waals surface area contributed by atoms with Crippen molar-refractivity contribution < 1.29 is 0 Å². The Balaban J connectivity index is 1.83. The normalized spacial score (nSPS) is 10.3. The summed E-state index contributed by atoms with van der Waals surface area (Å²) in [7, 11) is 0. The summed E-state index contributed by atoms with van der Waals surface area (Å²) in [6.07, 6.45) is 1.78. The molecule has 3 rings (SSSR count). The fraction of sp³-hybridized carbons (Fsp3) is 0.100. The zero-order chi connectivity index (χ0) is 17.5. The van der Waals surface area contributed by atoms with E-state index in [4.69, 9.17) is 11.6 Å². The lowest BCUT2D eigenvalue weighted by atomic mass is 10.1. The van der Waals surface area contributed by atoms with Crippen LogP contribution in [0.5, 0.6) is 0 Å². The second-order valence-corrected chi connectivity index (χ2v) is 5.91. The summed E-state index contributed by atoms with van der Waals surface area (Å²) in [5.74, 6) is 1.33. The van der Waals surface area contributed by atoms with Gasteiger partial charge < -0.3 is 10.6 Å². The van der Waals surface area contributed by atoms with E-state index in [0.29, 0.717) is 19.0 Å². The van der Waals surface area contributed by atoms with E-state index in [1.54, 1.807) is 6.08 Å². The Bertz CT molecular complexity index is 832. The fourth-order valence-corrected chi connectivity index (χ4v) is 2.46. The summed E-state index contributed by atoms with van der Waals surface area (Å²) in [6.45, 7) is 4.98. The average molecular weight is 351 g/mol. The summed E-state index contributed by atoms with van der Waals surface area (Å²) in [4.78, 5) is 9.10. The fourth-order valence-electron chi connectivity index (χ4n) is 2.33. The van der Waals surface area contributed by atoms with Crippen LogP contribution in [0.15, 0.2) is 73.3 Å². The number of benzene rings is 2. The first-order chi connectivity index (χ1) is 12.2. The van der Waals surface area contributed by atoms with Gasteiger partial charge in [0.1, 0.15) is 5.82 Å². The lowest BCUT2D eigenvalue weighted by Gasteiger charge is -2.11. The molecule has 1 aromatic heterocycles. The molecule has 0 saturated heterocycles. The summed E-state index contributed by atoms with van der Waals surface area (Å²) < 4.78 is 0. The van der Waals surface area contributed by atoms with Crippen LogP contribution in [0.1, 0.15) is 5.56 Å². The molecule has 0 saturated carbocycles. The third-order valence-corrected chi connectivity index (χ3v) is 3.84. The van der Waals surface area contributed by atoms with Gasteiger partial charge in [-0.05, 0) is 17.7 Å². The van der Waals surface area contributed by atoms with Gasteiger partial charge in [-0.3, -0.25) is 0 Å². The Kier molecular flexibility index (Phi) is 5.65. The van der Waals surface area contributed by atoms with E-state index >= 15 is 0 Å². The van der Waals surface area contributed by atoms with Gasteiger partial charge in [0, 0.05) is 29.7 Å². The second kappa shape index (κ2) is 8.31. The largest absolute Gasteiger partial charge is 0.366 e. The molecule has 2 N–H and O–H groups in total. The molecular formula is C20H19ClN4. The van der Waals surface area contributed by atoms with Gasteiger partial charge in [-0.15, -0.1) is 6.58 Å². The number of anilines is 2. The predicted molar refractivity (Wildman–Crippen MR) is 105 cm³/mol. The van der Waals surface area contributed by atoms with Crippen LogP contribution in [0.3, 0.4) is 0 Å². The van der Waals surface area contributed by atoms with Crippen molar-refractivity contribution in [1.29, 1.82) is 0 Å². The lowest BCUT2D eigenvalue weighted by Crippen LogP contribution is -2.08. The molecule has 126 valence electrons. The molecule has 3 aromatic rings. The van der Waals surface area contributed by atoms with Crippen LogP contribution in [0.25, 0.3) is 11.3 Å². The van der Waals surface area contributed by atoms with Crippen molar-refractivity contribution in [1.82, 2.24) is 9.97 Å². The summed E-state index contributed by atoms with van der Waals surface area (Å²) >= 11 is 5.93. The molecule has 0 amide bonds.